The maximum atomic E-state index is 13.5. The Morgan fingerprint density at radius 1 is 0.976 bits per heavy atom. The van der Waals surface area contributed by atoms with Gasteiger partial charge in [-0.25, -0.2) is 22.7 Å². The summed E-state index contributed by atoms with van der Waals surface area (Å²) in [4.78, 5) is 26.8. The number of carbonyl (C=O) groups is 1. The molecule has 4 saturated heterocycles. The lowest BCUT2D eigenvalue weighted by Gasteiger charge is -2.37. The summed E-state index contributed by atoms with van der Waals surface area (Å²) < 4.78 is 32.0. The van der Waals surface area contributed by atoms with Gasteiger partial charge in [-0.05, 0) is 63.4 Å². The zero-order valence-corrected chi connectivity index (χ0v) is 25.9. The molecular weight excluding hydrogens is 552 g/mol. The summed E-state index contributed by atoms with van der Waals surface area (Å²) in [7, 11) is -3.11. The highest BCUT2D eigenvalue weighted by atomic mass is 32.2. The fraction of sp³-hybridized carbons (Fsp3) is 0.645. The number of carbonyl (C=O) groups excluding carboxylic acids is 1. The van der Waals surface area contributed by atoms with Crippen LogP contribution in [0.25, 0.3) is 0 Å². The summed E-state index contributed by atoms with van der Waals surface area (Å²) in [6.07, 6.45) is 7.98. The minimum atomic E-state index is -3.11. The summed E-state index contributed by atoms with van der Waals surface area (Å²) in [5, 5.41) is 3.44. The van der Waals surface area contributed by atoms with Gasteiger partial charge < -0.3 is 15.0 Å². The maximum absolute atomic E-state index is 13.5. The van der Waals surface area contributed by atoms with Crippen molar-refractivity contribution in [3.05, 3.63) is 53.0 Å². The maximum Gasteiger partial charge on any atom is 0.272 e. The molecule has 11 heteroatoms. The van der Waals surface area contributed by atoms with Crippen molar-refractivity contribution in [1.82, 2.24) is 24.1 Å². The summed E-state index contributed by atoms with van der Waals surface area (Å²) in [5.41, 5.74) is 3.72. The molecule has 4 aliphatic rings. The highest BCUT2D eigenvalue weighted by Crippen LogP contribution is 2.35. The van der Waals surface area contributed by atoms with Gasteiger partial charge in [-0.1, -0.05) is 29.8 Å². The van der Waals surface area contributed by atoms with Crippen molar-refractivity contribution in [2.75, 3.05) is 57.4 Å². The van der Waals surface area contributed by atoms with Crippen LogP contribution < -0.4 is 5.32 Å². The molecule has 1 N–H and O–H groups in total. The summed E-state index contributed by atoms with van der Waals surface area (Å²) in [5.74, 6) is 1.49. The first-order valence-electron chi connectivity index (χ1n) is 15.4. The van der Waals surface area contributed by atoms with Crippen LogP contribution in [0.3, 0.4) is 0 Å². The van der Waals surface area contributed by atoms with E-state index in [9.17, 15) is 13.2 Å². The number of likely N-dealkylation sites (tertiary alicyclic amines) is 2. The van der Waals surface area contributed by atoms with Crippen LogP contribution >= 0.6 is 0 Å². The van der Waals surface area contributed by atoms with Crippen molar-refractivity contribution >= 4 is 21.7 Å². The molecule has 4 fully saturated rings. The zero-order chi connectivity index (χ0) is 29.4. The molecule has 0 spiro atoms. The first-order valence-corrected chi connectivity index (χ1v) is 17.3. The van der Waals surface area contributed by atoms with Crippen LogP contribution in [0.15, 0.2) is 30.6 Å². The van der Waals surface area contributed by atoms with E-state index < -0.39 is 10.0 Å². The van der Waals surface area contributed by atoms with Gasteiger partial charge in [0.15, 0.2) is 0 Å². The summed E-state index contributed by atoms with van der Waals surface area (Å²) in [6, 6.07) is 9.04. The molecule has 5 heterocycles. The topological polar surface area (TPSA) is 108 Å². The standard InChI is InChI=1S/C31H44N6O4S/c1-21-7-9-23(10-8-21)28-6-4-5-27(41-28)15-32-30-22(2)29(33-20-34-30)31(38)35-13-11-26(12-14-35)36-16-24-18-37(42(3,39)40)19-25(24)17-36/h7-10,20,24-28H,4-6,11-19H2,1-3H3,(H,32,33,34)/t24?,25?,27-,28+/m1/s1. The Labute approximate surface area is 249 Å². The highest BCUT2D eigenvalue weighted by Gasteiger charge is 2.44. The number of hydrogen-bond donors (Lipinski definition) is 1. The lowest BCUT2D eigenvalue weighted by Crippen LogP contribution is -2.47. The number of rotatable bonds is 7. The Morgan fingerprint density at radius 2 is 1.67 bits per heavy atom. The molecule has 1 aromatic carbocycles. The number of aromatic nitrogens is 2. The largest absolute Gasteiger partial charge is 0.368 e. The third-order valence-corrected chi connectivity index (χ3v) is 11.0. The number of ether oxygens (including phenoxy) is 1. The number of hydrogen-bond acceptors (Lipinski definition) is 8. The van der Waals surface area contributed by atoms with E-state index in [1.165, 1.54) is 23.7 Å². The second-order valence-corrected chi connectivity index (χ2v) is 14.7. The van der Waals surface area contributed by atoms with Gasteiger partial charge in [0.1, 0.15) is 17.8 Å². The number of sulfonamides is 1. The van der Waals surface area contributed by atoms with E-state index in [1.54, 1.807) is 4.31 Å². The highest BCUT2D eigenvalue weighted by molar-refractivity contribution is 7.88. The SMILES string of the molecule is Cc1ccc([C@@H]2CCC[C@H](CNc3ncnc(C(=O)N4CCC(N5CC6CN(S(C)(=O)=O)CC6C5)CC4)c3C)O2)cc1. The van der Waals surface area contributed by atoms with Gasteiger partial charge in [-0.3, -0.25) is 9.69 Å². The molecule has 0 radical (unpaired) electrons. The molecule has 42 heavy (non-hydrogen) atoms. The predicted molar refractivity (Wildman–Crippen MR) is 162 cm³/mol. The Morgan fingerprint density at radius 3 is 2.33 bits per heavy atom. The smallest absolute Gasteiger partial charge is 0.272 e. The van der Waals surface area contributed by atoms with Gasteiger partial charge in [0.25, 0.3) is 5.91 Å². The first-order chi connectivity index (χ1) is 20.2. The monoisotopic (exact) mass is 596 g/mol. The molecule has 2 unspecified atom stereocenters. The van der Waals surface area contributed by atoms with Gasteiger partial charge in [0.2, 0.25) is 10.0 Å². The van der Waals surface area contributed by atoms with Crippen LogP contribution in [0.2, 0.25) is 0 Å². The fourth-order valence-electron chi connectivity index (χ4n) is 7.27. The number of benzene rings is 1. The Balaban J connectivity index is 1.00. The van der Waals surface area contributed by atoms with Crippen LogP contribution in [0.5, 0.6) is 0 Å². The molecule has 10 nitrogen and oxygen atoms in total. The first kappa shape index (κ1) is 29.5. The molecule has 1 amide bonds. The van der Waals surface area contributed by atoms with Gasteiger partial charge in [-0.15, -0.1) is 0 Å². The van der Waals surface area contributed by atoms with Crippen molar-refractivity contribution in [2.24, 2.45) is 11.8 Å². The van der Waals surface area contributed by atoms with Crippen molar-refractivity contribution < 1.29 is 17.9 Å². The van der Waals surface area contributed by atoms with Gasteiger partial charge >= 0.3 is 0 Å². The molecule has 1 aromatic heterocycles. The number of nitrogens with zero attached hydrogens (tertiary/aromatic N) is 5. The van der Waals surface area contributed by atoms with Crippen molar-refractivity contribution in [2.45, 2.75) is 64.2 Å². The zero-order valence-electron chi connectivity index (χ0n) is 25.0. The van der Waals surface area contributed by atoms with E-state index in [-0.39, 0.29) is 18.1 Å². The van der Waals surface area contributed by atoms with Crippen LogP contribution in [0.4, 0.5) is 5.82 Å². The van der Waals surface area contributed by atoms with E-state index in [0.29, 0.717) is 62.1 Å². The normalized spacial score (nSPS) is 27.7. The third-order valence-electron chi connectivity index (χ3n) is 9.80. The Hall–Kier alpha value is -2.60. The van der Waals surface area contributed by atoms with Crippen molar-refractivity contribution in [1.29, 1.82) is 0 Å². The number of anilines is 1. The number of fused-ring (bicyclic) bond motifs is 1. The minimum absolute atomic E-state index is 0.0353. The van der Waals surface area contributed by atoms with E-state index >= 15 is 0 Å². The average molecular weight is 597 g/mol. The molecular formula is C31H44N6O4S. The number of amides is 1. The van der Waals surface area contributed by atoms with Gasteiger partial charge in [-0.2, -0.15) is 0 Å². The van der Waals surface area contributed by atoms with Crippen molar-refractivity contribution in [3.8, 4) is 0 Å². The summed E-state index contributed by atoms with van der Waals surface area (Å²) >= 11 is 0. The molecule has 4 aliphatic heterocycles. The Kier molecular flexibility index (Phi) is 8.55. The van der Waals surface area contributed by atoms with Gasteiger partial charge in [0.05, 0.1) is 18.5 Å². The van der Waals surface area contributed by atoms with Gasteiger partial charge in [0, 0.05) is 57.4 Å². The van der Waals surface area contributed by atoms with E-state index in [1.807, 2.05) is 11.8 Å². The van der Waals surface area contributed by atoms with E-state index in [2.05, 4.69) is 51.4 Å². The molecule has 228 valence electrons. The molecule has 6 rings (SSSR count). The lowest BCUT2D eigenvalue weighted by molar-refractivity contribution is -0.0442. The lowest BCUT2D eigenvalue weighted by atomic mass is 9.97. The molecule has 4 atom stereocenters. The Bertz CT molecular complexity index is 1360. The molecule has 0 bridgehead atoms. The third kappa shape index (κ3) is 6.34. The van der Waals surface area contributed by atoms with E-state index in [0.717, 1.165) is 50.8 Å². The quantitative estimate of drug-likeness (QED) is 0.519. The predicted octanol–water partition coefficient (Wildman–Crippen LogP) is 3.24. The van der Waals surface area contributed by atoms with Crippen LogP contribution in [0, 0.1) is 25.7 Å². The minimum Gasteiger partial charge on any atom is -0.368 e. The van der Waals surface area contributed by atoms with Crippen LogP contribution in [0.1, 0.15) is 65.4 Å². The van der Waals surface area contributed by atoms with Crippen LogP contribution in [-0.2, 0) is 14.8 Å². The second-order valence-electron chi connectivity index (χ2n) is 12.7. The van der Waals surface area contributed by atoms with Crippen molar-refractivity contribution in [3.63, 3.8) is 0 Å². The average Bonchev–Trinajstić information content (AvgIpc) is 3.57. The van der Waals surface area contributed by atoms with Crippen LogP contribution in [-0.4, -0.2) is 103 Å². The number of aryl methyl sites for hydroxylation is 1. The number of piperidine rings is 1. The molecule has 0 saturated carbocycles. The molecule has 0 aliphatic carbocycles. The molecule has 2 aromatic rings. The second kappa shape index (κ2) is 12.2. The fourth-order valence-corrected chi connectivity index (χ4v) is 8.19. The summed E-state index contributed by atoms with van der Waals surface area (Å²) in [6.45, 7) is 9.24. The van der Waals surface area contributed by atoms with E-state index in [4.69, 9.17) is 4.74 Å². The number of nitrogens with one attached hydrogen (secondary N) is 1.